The summed E-state index contributed by atoms with van der Waals surface area (Å²) in [6.07, 6.45) is 7.46. The Kier molecular flexibility index (Phi) is 3.88. The molecule has 4 heteroatoms. The van der Waals surface area contributed by atoms with Gasteiger partial charge in [-0.2, -0.15) is 0 Å². The zero-order valence-electron chi connectivity index (χ0n) is 11.6. The zero-order chi connectivity index (χ0) is 14.1. The molecule has 1 unspecified atom stereocenters. The van der Waals surface area contributed by atoms with Gasteiger partial charge in [0.05, 0.1) is 10.7 Å². The van der Waals surface area contributed by atoms with Crippen LogP contribution in [0.15, 0.2) is 18.2 Å². The van der Waals surface area contributed by atoms with Gasteiger partial charge in [0, 0.05) is 18.2 Å². The minimum Gasteiger partial charge on any atom is -0.398 e. The number of likely N-dealkylation sites (tertiary alicyclic amines) is 1. The highest BCUT2D eigenvalue weighted by Crippen LogP contribution is 2.36. The number of nitrogens with two attached hydrogens (primary N) is 1. The van der Waals surface area contributed by atoms with Crippen LogP contribution in [0.25, 0.3) is 0 Å². The lowest BCUT2D eigenvalue weighted by Crippen LogP contribution is -2.39. The Hall–Kier alpha value is -1.22. The maximum absolute atomic E-state index is 12.7. The lowest BCUT2D eigenvalue weighted by atomic mass is 9.95. The van der Waals surface area contributed by atoms with Crippen molar-refractivity contribution >= 4 is 23.2 Å². The van der Waals surface area contributed by atoms with Crippen LogP contribution < -0.4 is 5.73 Å². The van der Waals surface area contributed by atoms with Gasteiger partial charge in [-0.05, 0) is 49.8 Å². The number of hydrogen-bond donors (Lipinski definition) is 1. The summed E-state index contributed by atoms with van der Waals surface area (Å²) in [6, 6.07) is 5.63. The molecule has 1 saturated carbocycles. The largest absolute Gasteiger partial charge is 0.398 e. The molecule has 0 spiro atoms. The lowest BCUT2D eigenvalue weighted by Gasteiger charge is -2.29. The van der Waals surface area contributed by atoms with E-state index in [4.69, 9.17) is 17.3 Å². The summed E-state index contributed by atoms with van der Waals surface area (Å²) in [5.41, 5.74) is 6.96. The molecule has 2 aliphatic rings. The van der Waals surface area contributed by atoms with Crippen molar-refractivity contribution in [2.24, 2.45) is 5.92 Å². The average Bonchev–Trinajstić information content (AvgIpc) is 3.10. The number of nitrogen functional groups attached to an aromatic ring is 1. The maximum atomic E-state index is 12.7. The van der Waals surface area contributed by atoms with Crippen molar-refractivity contribution in [1.82, 2.24) is 4.90 Å². The number of hydrogen-bond acceptors (Lipinski definition) is 2. The third kappa shape index (κ3) is 2.51. The van der Waals surface area contributed by atoms with Crippen molar-refractivity contribution < 1.29 is 4.79 Å². The molecule has 3 nitrogen and oxygen atoms in total. The number of carbonyl (C=O) groups is 1. The highest BCUT2D eigenvalue weighted by atomic mass is 35.5. The van der Waals surface area contributed by atoms with E-state index in [1.54, 1.807) is 18.2 Å². The van der Waals surface area contributed by atoms with Crippen LogP contribution in [0.1, 0.15) is 48.9 Å². The molecule has 108 valence electrons. The summed E-state index contributed by atoms with van der Waals surface area (Å²) in [6.45, 7) is 0.878. The fourth-order valence-corrected chi connectivity index (χ4v) is 3.84. The van der Waals surface area contributed by atoms with Crippen molar-refractivity contribution in [2.45, 2.75) is 44.6 Å². The van der Waals surface area contributed by atoms with E-state index in [0.717, 1.165) is 19.4 Å². The van der Waals surface area contributed by atoms with E-state index in [1.165, 1.54) is 25.7 Å². The molecule has 1 saturated heterocycles. The number of halogens is 1. The molecule has 1 aromatic rings. The predicted octanol–water partition coefficient (Wildman–Crippen LogP) is 3.72. The lowest BCUT2D eigenvalue weighted by molar-refractivity contribution is 0.0689. The van der Waals surface area contributed by atoms with Gasteiger partial charge in [0.15, 0.2) is 0 Å². The number of nitrogens with zero attached hydrogens (tertiary/aromatic N) is 1. The third-order valence-electron chi connectivity index (χ3n) is 4.75. The van der Waals surface area contributed by atoms with Crippen LogP contribution >= 0.6 is 11.6 Å². The molecule has 0 aromatic heterocycles. The number of rotatable bonds is 2. The fourth-order valence-electron chi connectivity index (χ4n) is 3.72. The summed E-state index contributed by atoms with van der Waals surface area (Å²) in [7, 11) is 0. The Bertz CT molecular complexity index is 511. The molecule has 1 aliphatic carbocycles. The van der Waals surface area contributed by atoms with Gasteiger partial charge in [0.1, 0.15) is 0 Å². The highest BCUT2D eigenvalue weighted by Gasteiger charge is 2.36. The van der Waals surface area contributed by atoms with Gasteiger partial charge in [-0.25, -0.2) is 0 Å². The number of carbonyl (C=O) groups excluding carboxylic acids is 1. The van der Waals surface area contributed by atoms with Gasteiger partial charge >= 0.3 is 0 Å². The van der Waals surface area contributed by atoms with Crippen molar-refractivity contribution in [1.29, 1.82) is 0 Å². The summed E-state index contributed by atoms with van der Waals surface area (Å²) in [4.78, 5) is 14.8. The van der Waals surface area contributed by atoms with Crippen molar-refractivity contribution in [3.8, 4) is 0 Å². The van der Waals surface area contributed by atoms with Gasteiger partial charge < -0.3 is 10.6 Å². The zero-order valence-corrected chi connectivity index (χ0v) is 12.4. The quantitative estimate of drug-likeness (QED) is 0.845. The second kappa shape index (κ2) is 5.65. The predicted molar refractivity (Wildman–Crippen MR) is 81.9 cm³/mol. The molecular weight excluding hydrogens is 272 g/mol. The minimum atomic E-state index is 0.114. The number of benzene rings is 1. The second-order valence-electron chi connectivity index (χ2n) is 5.99. The van der Waals surface area contributed by atoms with Gasteiger partial charge in [0.25, 0.3) is 5.91 Å². The first kappa shape index (κ1) is 13.7. The Morgan fingerprint density at radius 3 is 2.65 bits per heavy atom. The van der Waals surface area contributed by atoms with Gasteiger partial charge in [-0.15, -0.1) is 0 Å². The molecular formula is C16H21ClN2O. The number of anilines is 1. The van der Waals surface area contributed by atoms with E-state index in [2.05, 4.69) is 4.90 Å². The van der Waals surface area contributed by atoms with Crippen molar-refractivity contribution in [3.63, 3.8) is 0 Å². The van der Waals surface area contributed by atoms with E-state index in [-0.39, 0.29) is 5.91 Å². The van der Waals surface area contributed by atoms with Gasteiger partial charge in [-0.3, -0.25) is 4.79 Å². The Morgan fingerprint density at radius 1 is 1.20 bits per heavy atom. The molecule has 1 atom stereocenters. The summed E-state index contributed by atoms with van der Waals surface area (Å²) in [5.74, 6) is 0.814. The standard InChI is InChI=1S/C16H21ClN2O/c17-13-8-7-12(10-14(13)18)16(20)19-9-3-6-15(19)11-4-1-2-5-11/h7-8,10-11,15H,1-6,9,18H2. The molecule has 2 fully saturated rings. The molecule has 1 aromatic carbocycles. The van der Waals surface area contributed by atoms with Crippen LogP contribution in [0.5, 0.6) is 0 Å². The van der Waals surface area contributed by atoms with Crippen LogP contribution in [0.3, 0.4) is 0 Å². The van der Waals surface area contributed by atoms with Crippen LogP contribution in [-0.4, -0.2) is 23.4 Å². The molecule has 0 bridgehead atoms. The first-order valence-corrected chi connectivity index (χ1v) is 7.90. The number of amides is 1. The topological polar surface area (TPSA) is 46.3 Å². The first-order valence-electron chi connectivity index (χ1n) is 7.53. The molecule has 3 rings (SSSR count). The molecule has 20 heavy (non-hydrogen) atoms. The van der Waals surface area contributed by atoms with E-state index < -0.39 is 0 Å². The average molecular weight is 293 g/mol. The van der Waals surface area contributed by atoms with Gasteiger partial charge in [-0.1, -0.05) is 24.4 Å². The van der Waals surface area contributed by atoms with E-state index in [9.17, 15) is 4.79 Å². The SMILES string of the molecule is Nc1cc(C(=O)N2CCCC2C2CCCC2)ccc1Cl. The summed E-state index contributed by atoms with van der Waals surface area (Å²) < 4.78 is 0. The summed E-state index contributed by atoms with van der Waals surface area (Å²) >= 11 is 5.93. The van der Waals surface area contributed by atoms with E-state index in [0.29, 0.717) is 28.2 Å². The summed E-state index contributed by atoms with van der Waals surface area (Å²) in [5, 5.41) is 0.510. The maximum Gasteiger partial charge on any atom is 0.254 e. The second-order valence-corrected chi connectivity index (χ2v) is 6.40. The highest BCUT2D eigenvalue weighted by molar-refractivity contribution is 6.33. The normalized spacial score (nSPS) is 23.4. The van der Waals surface area contributed by atoms with E-state index >= 15 is 0 Å². The van der Waals surface area contributed by atoms with Gasteiger partial charge in [0.2, 0.25) is 0 Å². The third-order valence-corrected chi connectivity index (χ3v) is 5.09. The van der Waals surface area contributed by atoms with Crippen LogP contribution in [0, 0.1) is 5.92 Å². The Labute approximate surface area is 125 Å². The monoisotopic (exact) mass is 292 g/mol. The molecule has 2 N–H and O–H groups in total. The Morgan fingerprint density at radius 2 is 1.95 bits per heavy atom. The fraction of sp³-hybridized carbons (Fsp3) is 0.562. The first-order chi connectivity index (χ1) is 9.66. The smallest absolute Gasteiger partial charge is 0.254 e. The van der Waals surface area contributed by atoms with Crippen molar-refractivity contribution in [3.05, 3.63) is 28.8 Å². The van der Waals surface area contributed by atoms with Crippen LogP contribution in [0.2, 0.25) is 5.02 Å². The van der Waals surface area contributed by atoms with Crippen LogP contribution in [0.4, 0.5) is 5.69 Å². The molecule has 0 radical (unpaired) electrons. The molecule has 1 aliphatic heterocycles. The molecule has 1 heterocycles. The molecule has 1 amide bonds. The van der Waals surface area contributed by atoms with Crippen LogP contribution in [-0.2, 0) is 0 Å². The minimum absolute atomic E-state index is 0.114. The van der Waals surface area contributed by atoms with Crippen molar-refractivity contribution in [2.75, 3.05) is 12.3 Å². The Balaban J connectivity index is 1.79. The van der Waals surface area contributed by atoms with E-state index in [1.807, 2.05) is 0 Å².